The highest BCUT2D eigenvalue weighted by molar-refractivity contribution is 5.94. The van der Waals surface area contributed by atoms with Gasteiger partial charge in [0.15, 0.2) is 0 Å². The number of benzene rings is 1. The maximum absolute atomic E-state index is 12.3. The number of amides is 1. The van der Waals surface area contributed by atoms with Crippen molar-refractivity contribution in [2.75, 3.05) is 6.54 Å². The van der Waals surface area contributed by atoms with Crippen LogP contribution < -0.4 is 10.6 Å². The predicted octanol–water partition coefficient (Wildman–Crippen LogP) is 1.24. The number of aromatic nitrogens is 4. The Bertz CT molecular complexity index is 875. The lowest BCUT2D eigenvalue weighted by Gasteiger charge is -2.15. The van der Waals surface area contributed by atoms with Crippen LogP contribution in [0, 0.1) is 0 Å². The maximum Gasteiger partial charge on any atom is 0.251 e. The smallest absolute Gasteiger partial charge is 0.251 e. The van der Waals surface area contributed by atoms with Crippen LogP contribution >= 0.6 is 0 Å². The zero-order valence-corrected chi connectivity index (χ0v) is 13.6. The van der Waals surface area contributed by atoms with Gasteiger partial charge < -0.3 is 10.6 Å². The van der Waals surface area contributed by atoms with Crippen LogP contribution in [-0.4, -0.2) is 32.2 Å². The van der Waals surface area contributed by atoms with Gasteiger partial charge in [-0.15, -0.1) is 0 Å². The highest BCUT2D eigenvalue weighted by Gasteiger charge is 2.22. The molecule has 0 atom stereocenters. The number of carbonyl (C=O) groups excluding carboxylic acids is 1. The molecule has 1 aromatic carbocycles. The van der Waals surface area contributed by atoms with Crippen LogP contribution in [0.1, 0.15) is 27.3 Å². The third-order valence-electron chi connectivity index (χ3n) is 4.21. The number of hydrogen-bond acceptors (Lipinski definition) is 5. The van der Waals surface area contributed by atoms with Gasteiger partial charge in [-0.25, -0.2) is 14.6 Å². The number of rotatable bonds is 4. The molecule has 3 aromatic rings. The van der Waals surface area contributed by atoms with Crippen molar-refractivity contribution in [1.29, 1.82) is 0 Å². The zero-order chi connectivity index (χ0) is 17.1. The molecule has 7 nitrogen and oxygen atoms in total. The topological polar surface area (TPSA) is 84.7 Å². The van der Waals surface area contributed by atoms with Crippen LogP contribution in [-0.2, 0) is 19.5 Å². The molecule has 2 N–H and O–H groups in total. The van der Waals surface area contributed by atoms with Crippen LogP contribution in [0.15, 0.2) is 48.8 Å². The molecule has 25 heavy (non-hydrogen) atoms. The summed E-state index contributed by atoms with van der Waals surface area (Å²) in [6, 6.07) is 11.0. The first kappa shape index (κ1) is 15.5. The van der Waals surface area contributed by atoms with Crippen LogP contribution in [0.5, 0.6) is 0 Å². The van der Waals surface area contributed by atoms with E-state index in [-0.39, 0.29) is 5.91 Å². The second-order valence-corrected chi connectivity index (χ2v) is 5.81. The van der Waals surface area contributed by atoms with Crippen molar-refractivity contribution in [1.82, 2.24) is 30.4 Å². The first-order chi connectivity index (χ1) is 12.3. The number of nitrogens with zero attached hydrogens (tertiary/aromatic N) is 4. The number of carbonyl (C=O) groups is 1. The van der Waals surface area contributed by atoms with E-state index in [9.17, 15) is 4.79 Å². The van der Waals surface area contributed by atoms with Gasteiger partial charge in [0.25, 0.3) is 11.9 Å². The first-order valence-electron chi connectivity index (χ1n) is 8.24. The molecule has 4 rings (SSSR count). The van der Waals surface area contributed by atoms with E-state index in [4.69, 9.17) is 0 Å². The van der Waals surface area contributed by atoms with Crippen LogP contribution in [0.2, 0.25) is 0 Å². The quantitative estimate of drug-likeness (QED) is 0.750. The van der Waals surface area contributed by atoms with Gasteiger partial charge in [0.05, 0.1) is 17.9 Å². The molecule has 0 spiro atoms. The van der Waals surface area contributed by atoms with Crippen molar-refractivity contribution in [3.8, 4) is 5.95 Å². The van der Waals surface area contributed by atoms with Crippen molar-refractivity contribution >= 4 is 5.91 Å². The van der Waals surface area contributed by atoms with Crippen molar-refractivity contribution in [3.63, 3.8) is 0 Å². The summed E-state index contributed by atoms with van der Waals surface area (Å²) in [5.74, 6) is 0.449. The molecule has 0 bridgehead atoms. The van der Waals surface area contributed by atoms with Gasteiger partial charge >= 0.3 is 0 Å². The Morgan fingerprint density at radius 1 is 1.16 bits per heavy atom. The van der Waals surface area contributed by atoms with Crippen LogP contribution in [0.25, 0.3) is 5.95 Å². The van der Waals surface area contributed by atoms with E-state index in [1.807, 2.05) is 18.2 Å². The van der Waals surface area contributed by atoms with Crippen LogP contribution in [0.4, 0.5) is 0 Å². The standard InChI is InChI=1S/C18H18N6O/c25-17(13-5-2-1-3-6-13)22-12-15-14-11-19-10-7-16(14)24(23-15)18-20-8-4-9-21-18/h1-6,8-9,19H,7,10-12H2,(H,22,25). The fourth-order valence-electron chi connectivity index (χ4n) is 2.98. The summed E-state index contributed by atoms with van der Waals surface area (Å²) in [7, 11) is 0. The van der Waals surface area contributed by atoms with E-state index in [0.717, 1.165) is 36.5 Å². The lowest BCUT2D eigenvalue weighted by Crippen LogP contribution is -2.27. The Labute approximate surface area is 145 Å². The largest absolute Gasteiger partial charge is 0.346 e. The maximum atomic E-state index is 12.3. The van der Waals surface area contributed by atoms with E-state index in [0.29, 0.717) is 18.1 Å². The number of fused-ring (bicyclic) bond motifs is 1. The summed E-state index contributed by atoms with van der Waals surface area (Å²) in [5, 5.41) is 11.0. The van der Waals surface area contributed by atoms with Gasteiger partial charge in [0.2, 0.25) is 0 Å². The Hall–Kier alpha value is -3.06. The van der Waals surface area contributed by atoms with E-state index in [1.165, 1.54) is 0 Å². The number of nitrogens with one attached hydrogen (secondary N) is 2. The monoisotopic (exact) mass is 334 g/mol. The molecule has 0 radical (unpaired) electrons. The number of hydrogen-bond donors (Lipinski definition) is 2. The lowest BCUT2D eigenvalue weighted by atomic mass is 10.1. The van der Waals surface area contributed by atoms with Crippen molar-refractivity contribution in [2.45, 2.75) is 19.5 Å². The molecule has 2 aromatic heterocycles. The summed E-state index contributed by atoms with van der Waals surface area (Å²) >= 11 is 0. The van der Waals surface area contributed by atoms with Gasteiger partial charge in [-0.2, -0.15) is 5.10 Å². The minimum absolute atomic E-state index is 0.108. The molecule has 3 heterocycles. The summed E-state index contributed by atoms with van der Waals surface area (Å²) in [5.41, 5.74) is 3.71. The summed E-state index contributed by atoms with van der Waals surface area (Å²) in [6.07, 6.45) is 4.26. The Kier molecular flexibility index (Phi) is 4.22. The Balaban J connectivity index is 1.60. The second kappa shape index (κ2) is 6.82. The summed E-state index contributed by atoms with van der Waals surface area (Å²) in [6.45, 7) is 2.00. The molecule has 0 saturated heterocycles. The highest BCUT2D eigenvalue weighted by Crippen LogP contribution is 2.20. The SMILES string of the molecule is O=C(NCc1nn(-c2ncccn2)c2c1CNCC2)c1ccccc1. The Morgan fingerprint density at radius 3 is 2.76 bits per heavy atom. The van der Waals surface area contributed by atoms with Gasteiger partial charge in [0.1, 0.15) is 0 Å². The van der Waals surface area contributed by atoms with Crippen molar-refractivity contribution in [2.24, 2.45) is 0 Å². The predicted molar refractivity (Wildman–Crippen MR) is 92.2 cm³/mol. The Morgan fingerprint density at radius 2 is 1.96 bits per heavy atom. The molecule has 0 unspecified atom stereocenters. The molecule has 0 fully saturated rings. The molecule has 1 aliphatic heterocycles. The molecule has 0 saturated carbocycles. The average Bonchev–Trinajstić information content (AvgIpc) is 3.06. The third-order valence-corrected chi connectivity index (χ3v) is 4.21. The second-order valence-electron chi connectivity index (χ2n) is 5.81. The van der Waals surface area contributed by atoms with Gasteiger partial charge in [-0.1, -0.05) is 18.2 Å². The van der Waals surface area contributed by atoms with E-state index < -0.39 is 0 Å². The molecular weight excluding hydrogens is 316 g/mol. The minimum atomic E-state index is -0.108. The normalized spacial score (nSPS) is 13.3. The highest BCUT2D eigenvalue weighted by atomic mass is 16.1. The fraction of sp³-hybridized carbons (Fsp3) is 0.222. The average molecular weight is 334 g/mol. The summed E-state index contributed by atoms with van der Waals surface area (Å²) < 4.78 is 1.79. The van der Waals surface area contributed by atoms with Gasteiger partial charge in [-0.05, 0) is 18.2 Å². The first-order valence-corrected chi connectivity index (χ1v) is 8.24. The molecular formula is C18H18N6O. The van der Waals surface area contributed by atoms with E-state index in [2.05, 4.69) is 25.7 Å². The fourth-order valence-corrected chi connectivity index (χ4v) is 2.98. The zero-order valence-electron chi connectivity index (χ0n) is 13.6. The molecule has 1 aliphatic rings. The van der Waals surface area contributed by atoms with Gasteiger partial charge in [0, 0.05) is 43.0 Å². The molecule has 1 amide bonds. The van der Waals surface area contributed by atoms with E-state index in [1.54, 1.807) is 35.3 Å². The lowest BCUT2D eigenvalue weighted by molar-refractivity contribution is 0.0950. The van der Waals surface area contributed by atoms with Crippen molar-refractivity contribution in [3.05, 3.63) is 71.3 Å². The third kappa shape index (κ3) is 3.14. The van der Waals surface area contributed by atoms with Crippen molar-refractivity contribution < 1.29 is 4.79 Å². The molecule has 7 heteroatoms. The molecule has 126 valence electrons. The summed E-state index contributed by atoms with van der Waals surface area (Å²) in [4.78, 5) is 20.9. The molecule has 0 aliphatic carbocycles. The van der Waals surface area contributed by atoms with Gasteiger partial charge in [-0.3, -0.25) is 4.79 Å². The minimum Gasteiger partial charge on any atom is -0.346 e. The van der Waals surface area contributed by atoms with Crippen LogP contribution in [0.3, 0.4) is 0 Å². The van der Waals surface area contributed by atoms with E-state index >= 15 is 0 Å².